The molecule has 8 heteroatoms. The van der Waals surface area contributed by atoms with E-state index in [-0.39, 0.29) is 17.8 Å². The summed E-state index contributed by atoms with van der Waals surface area (Å²) in [5, 5.41) is 14.5. The van der Waals surface area contributed by atoms with Gasteiger partial charge in [0, 0.05) is 19.6 Å². The third kappa shape index (κ3) is 6.19. The summed E-state index contributed by atoms with van der Waals surface area (Å²) in [6.07, 6.45) is 0.648. The van der Waals surface area contributed by atoms with Crippen LogP contribution in [0.5, 0.6) is 17.2 Å². The SMILES string of the molecule is CNC(=O)NCC(N)Cc1cc(I)c(Oc2ccc(O)cc2)c(I)c1. The Labute approximate surface area is 173 Å². The van der Waals surface area contributed by atoms with Crippen LogP contribution in [0.25, 0.3) is 0 Å². The van der Waals surface area contributed by atoms with Gasteiger partial charge in [0.2, 0.25) is 0 Å². The van der Waals surface area contributed by atoms with Crippen molar-refractivity contribution in [3.8, 4) is 17.2 Å². The van der Waals surface area contributed by atoms with E-state index in [1.165, 1.54) is 0 Å². The summed E-state index contributed by atoms with van der Waals surface area (Å²) in [6, 6.07) is 10.2. The van der Waals surface area contributed by atoms with Gasteiger partial charge in [0.1, 0.15) is 11.5 Å². The molecule has 0 aliphatic rings. The van der Waals surface area contributed by atoms with Crippen molar-refractivity contribution >= 4 is 51.2 Å². The molecule has 134 valence electrons. The Balaban J connectivity index is 2.06. The van der Waals surface area contributed by atoms with E-state index in [4.69, 9.17) is 10.5 Å². The largest absolute Gasteiger partial charge is 0.508 e. The van der Waals surface area contributed by atoms with Crippen LogP contribution in [0, 0.1) is 7.14 Å². The van der Waals surface area contributed by atoms with Crippen molar-refractivity contribution in [2.24, 2.45) is 5.73 Å². The smallest absolute Gasteiger partial charge is 0.314 e. The number of amides is 2. The molecule has 0 spiro atoms. The maximum Gasteiger partial charge on any atom is 0.314 e. The number of phenols is 1. The van der Waals surface area contributed by atoms with Crippen LogP contribution in [-0.4, -0.2) is 30.8 Å². The molecule has 2 rings (SSSR count). The molecule has 1 atom stereocenters. The maximum atomic E-state index is 11.2. The predicted octanol–water partition coefficient (Wildman–Crippen LogP) is 3.19. The molecule has 0 aliphatic carbocycles. The fourth-order valence-corrected chi connectivity index (χ4v) is 4.26. The number of carbonyl (C=O) groups excluding carboxylic acids is 1. The lowest BCUT2D eigenvalue weighted by molar-refractivity contribution is 0.242. The number of rotatable bonds is 6. The van der Waals surface area contributed by atoms with Gasteiger partial charge in [0.25, 0.3) is 0 Å². The van der Waals surface area contributed by atoms with Crippen molar-refractivity contribution in [3.05, 3.63) is 49.1 Å². The average Bonchev–Trinajstić information content (AvgIpc) is 2.57. The quantitative estimate of drug-likeness (QED) is 0.404. The van der Waals surface area contributed by atoms with Gasteiger partial charge in [-0.2, -0.15) is 0 Å². The highest BCUT2D eigenvalue weighted by molar-refractivity contribution is 14.1. The normalized spacial score (nSPS) is 11.7. The summed E-state index contributed by atoms with van der Waals surface area (Å²) in [5.41, 5.74) is 7.16. The summed E-state index contributed by atoms with van der Waals surface area (Å²) in [4.78, 5) is 11.2. The maximum absolute atomic E-state index is 11.2. The van der Waals surface area contributed by atoms with Crippen LogP contribution >= 0.6 is 45.2 Å². The molecule has 0 saturated heterocycles. The minimum Gasteiger partial charge on any atom is -0.508 e. The summed E-state index contributed by atoms with van der Waals surface area (Å²) < 4.78 is 7.87. The average molecular weight is 567 g/mol. The summed E-state index contributed by atoms with van der Waals surface area (Å²) >= 11 is 4.46. The number of nitrogens with one attached hydrogen (secondary N) is 2. The Bertz CT molecular complexity index is 715. The van der Waals surface area contributed by atoms with Crippen molar-refractivity contribution in [2.75, 3.05) is 13.6 Å². The predicted molar refractivity (Wildman–Crippen MR) is 114 cm³/mol. The van der Waals surface area contributed by atoms with Gasteiger partial charge in [-0.25, -0.2) is 4.79 Å². The Hall–Kier alpha value is -1.27. The number of hydrogen-bond donors (Lipinski definition) is 4. The van der Waals surface area contributed by atoms with Crippen LogP contribution in [-0.2, 0) is 6.42 Å². The number of carbonyl (C=O) groups is 1. The van der Waals surface area contributed by atoms with Crippen LogP contribution in [0.15, 0.2) is 36.4 Å². The van der Waals surface area contributed by atoms with Gasteiger partial charge in [-0.15, -0.1) is 0 Å². The van der Waals surface area contributed by atoms with Gasteiger partial charge in [0.05, 0.1) is 7.14 Å². The second kappa shape index (κ2) is 9.43. The number of halogens is 2. The lowest BCUT2D eigenvalue weighted by Gasteiger charge is -2.15. The second-order valence-electron chi connectivity index (χ2n) is 5.41. The van der Waals surface area contributed by atoms with Gasteiger partial charge >= 0.3 is 6.03 Å². The van der Waals surface area contributed by atoms with Crippen molar-refractivity contribution in [2.45, 2.75) is 12.5 Å². The Morgan fingerprint density at radius 3 is 2.40 bits per heavy atom. The highest BCUT2D eigenvalue weighted by Crippen LogP contribution is 2.33. The second-order valence-corrected chi connectivity index (χ2v) is 7.73. The lowest BCUT2D eigenvalue weighted by atomic mass is 10.1. The zero-order valence-corrected chi connectivity index (χ0v) is 17.9. The molecule has 2 amide bonds. The summed E-state index contributed by atoms with van der Waals surface area (Å²) in [5.74, 6) is 1.63. The zero-order chi connectivity index (χ0) is 18.4. The van der Waals surface area contributed by atoms with E-state index >= 15 is 0 Å². The van der Waals surface area contributed by atoms with E-state index in [1.807, 2.05) is 12.1 Å². The fourth-order valence-electron chi connectivity index (χ4n) is 2.15. The number of phenolic OH excluding ortho intramolecular Hbond substituents is 1. The molecule has 5 N–H and O–H groups in total. The molecule has 1 unspecified atom stereocenters. The minimum absolute atomic E-state index is 0.173. The van der Waals surface area contributed by atoms with Gasteiger partial charge in [-0.3, -0.25) is 0 Å². The number of ether oxygens (including phenoxy) is 1. The molecule has 0 heterocycles. The van der Waals surface area contributed by atoms with Crippen LogP contribution < -0.4 is 21.1 Å². The van der Waals surface area contributed by atoms with E-state index < -0.39 is 0 Å². The molecular formula is C17H19I2N3O3. The van der Waals surface area contributed by atoms with Crippen LogP contribution in [0.3, 0.4) is 0 Å². The molecule has 0 fully saturated rings. The number of hydrogen-bond acceptors (Lipinski definition) is 4. The van der Waals surface area contributed by atoms with E-state index in [1.54, 1.807) is 31.3 Å². The Morgan fingerprint density at radius 2 is 1.84 bits per heavy atom. The number of nitrogens with two attached hydrogens (primary N) is 1. The van der Waals surface area contributed by atoms with Crippen LogP contribution in [0.1, 0.15) is 5.56 Å². The molecule has 0 bridgehead atoms. The van der Waals surface area contributed by atoms with Crippen molar-refractivity contribution < 1.29 is 14.6 Å². The van der Waals surface area contributed by atoms with E-state index in [0.29, 0.717) is 18.7 Å². The van der Waals surface area contributed by atoms with E-state index in [2.05, 4.69) is 55.8 Å². The Morgan fingerprint density at radius 1 is 1.24 bits per heavy atom. The Kier molecular flexibility index (Phi) is 7.56. The van der Waals surface area contributed by atoms with Gasteiger partial charge < -0.3 is 26.2 Å². The monoisotopic (exact) mass is 567 g/mol. The van der Waals surface area contributed by atoms with Crippen molar-refractivity contribution in [1.29, 1.82) is 0 Å². The molecule has 0 aromatic heterocycles. The highest BCUT2D eigenvalue weighted by atomic mass is 127. The van der Waals surface area contributed by atoms with Gasteiger partial charge in [-0.05, 0) is 93.6 Å². The van der Waals surface area contributed by atoms with Crippen molar-refractivity contribution in [3.63, 3.8) is 0 Å². The highest BCUT2D eigenvalue weighted by Gasteiger charge is 2.13. The summed E-state index contributed by atoms with van der Waals surface area (Å²) in [7, 11) is 1.57. The first-order chi connectivity index (χ1) is 11.9. The van der Waals surface area contributed by atoms with Crippen LogP contribution in [0.4, 0.5) is 4.79 Å². The van der Waals surface area contributed by atoms with E-state index in [9.17, 15) is 9.90 Å². The molecule has 6 nitrogen and oxygen atoms in total. The molecule has 0 radical (unpaired) electrons. The standard InChI is InChI=1S/C17H19I2N3O3/c1-21-17(24)22-9-11(20)6-10-7-14(18)16(15(19)8-10)25-13-4-2-12(23)3-5-13/h2-5,7-8,11,23H,6,9,20H2,1H3,(H2,21,22,24). The van der Waals surface area contributed by atoms with Gasteiger partial charge in [-0.1, -0.05) is 0 Å². The van der Waals surface area contributed by atoms with Crippen molar-refractivity contribution in [1.82, 2.24) is 10.6 Å². The number of urea groups is 1. The molecule has 2 aromatic carbocycles. The lowest BCUT2D eigenvalue weighted by Crippen LogP contribution is -2.42. The third-order valence-electron chi connectivity index (χ3n) is 3.36. The fraction of sp³-hybridized carbons (Fsp3) is 0.235. The molecule has 0 saturated carbocycles. The van der Waals surface area contributed by atoms with E-state index in [0.717, 1.165) is 18.5 Å². The third-order valence-corrected chi connectivity index (χ3v) is 4.97. The topological polar surface area (TPSA) is 96.6 Å². The first-order valence-corrected chi connectivity index (χ1v) is 9.70. The minimum atomic E-state index is -0.239. The molecular weight excluding hydrogens is 548 g/mol. The summed E-state index contributed by atoms with van der Waals surface area (Å²) in [6.45, 7) is 0.401. The first-order valence-electron chi connectivity index (χ1n) is 7.55. The van der Waals surface area contributed by atoms with Crippen LogP contribution in [0.2, 0.25) is 0 Å². The van der Waals surface area contributed by atoms with Gasteiger partial charge in [0.15, 0.2) is 5.75 Å². The number of aromatic hydroxyl groups is 1. The molecule has 2 aromatic rings. The number of benzene rings is 2. The molecule has 0 aliphatic heterocycles. The molecule has 25 heavy (non-hydrogen) atoms. The zero-order valence-electron chi connectivity index (χ0n) is 13.6. The first kappa shape index (κ1) is 20.0.